The first-order valence-corrected chi connectivity index (χ1v) is 4.58. The van der Waals surface area contributed by atoms with Crippen molar-refractivity contribution in [3.63, 3.8) is 0 Å². The number of hydrogen-bond donors (Lipinski definition) is 2. The smallest absolute Gasteiger partial charge is 0.242 e. The maximum atomic E-state index is 11.4. The molecule has 0 aliphatic rings. The summed E-state index contributed by atoms with van der Waals surface area (Å²) >= 11 is 0. The number of nitrogens with one attached hydrogen (secondary N) is 1. The number of rotatable bonds is 4. The van der Waals surface area contributed by atoms with Crippen molar-refractivity contribution < 1.29 is 4.79 Å². The maximum Gasteiger partial charge on any atom is 0.242 e. The molecule has 0 saturated heterocycles. The summed E-state index contributed by atoms with van der Waals surface area (Å²) in [6.07, 6.45) is 3.10. The molecular formula is C9H14N4O. The normalized spacial score (nSPS) is 12.1. The van der Waals surface area contributed by atoms with E-state index >= 15 is 0 Å². The highest BCUT2D eigenvalue weighted by atomic mass is 16.2. The van der Waals surface area contributed by atoms with Crippen LogP contribution in [0.2, 0.25) is 0 Å². The topological polar surface area (TPSA) is 80.9 Å². The van der Waals surface area contributed by atoms with Gasteiger partial charge in [-0.1, -0.05) is 13.3 Å². The van der Waals surface area contributed by atoms with Gasteiger partial charge in [0, 0.05) is 6.20 Å². The fraction of sp³-hybridized carbons (Fsp3) is 0.444. The quantitative estimate of drug-likeness (QED) is 0.733. The average Bonchev–Trinajstić information content (AvgIpc) is 2.19. The molecule has 1 rings (SSSR count). The first kappa shape index (κ1) is 10.6. The van der Waals surface area contributed by atoms with Crippen LogP contribution in [-0.4, -0.2) is 22.1 Å². The number of aromatic nitrogens is 2. The Balaban J connectivity index is 2.49. The van der Waals surface area contributed by atoms with Crippen molar-refractivity contribution in [1.29, 1.82) is 0 Å². The van der Waals surface area contributed by atoms with E-state index in [1.807, 2.05) is 6.92 Å². The SMILES string of the molecule is CCCC(N)C(=O)Nc1cccnn1. The van der Waals surface area contributed by atoms with Gasteiger partial charge >= 0.3 is 0 Å². The summed E-state index contributed by atoms with van der Waals surface area (Å²) in [5.74, 6) is 0.219. The van der Waals surface area contributed by atoms with Crippen LogP contribution in [0.3, 0.4) is 0 Å². The molecule has 5 nitrogen and oxygen atoms in total. The van der Waals surface area contributed by atoms with Crippen molar-refractivity contribution in [2.75, 3.05) is 5.32 Å². The van der Waals surface area contributed by atoms with Gasteiger partial charge in [-0.15, -0.1) is 5.10 Å². The second kappa shape index (κ2) is 5.29. The summed E-state index contributed by atoms with van der Waals surface area (Å²) < 4.78 is 0. The van der Waals surface area contributed by atoms with Gasteiger partial charge in [0.25, 0.3) is 0 Å². The van der Waals surface area contributed by atoms with Crippen LogP contribution in [0.25, 0.3) is 0 Å². The van der Waals surface area contributed by atoms with Crippen molar-refractivity contribution in [2.45, 2.75) is 25.8 Å². The van der Waals surface area contributed by atoms with Crippen LogP contribution in [0.15, 0.2) is 18.3 Å². The fourth-order valence-electron chi connectivity index (χ4n) is 1.03. The van der Waals surface area contributed by atoms with E-state index in [-0.39, 0.29) is 5.91 Å². The molecule has 0 bridgehead atoms. The molecule has 1 aromatic heterocycles. The Morgan fingerprint density at radius 3 is 3.07 bits per heavy atom. The van der Waals surface area contributed by atoms with Crippen LogP contribution in [0, 0.1) is 0 Å². The molecule has 0 aliphatic heterocycles. The van der Waals surface area contributed by atoms with E-state index in [1.165, 1.54) is 0 Å². The van der Waals surface area contributed by atoms with Crippen LogP contribution in [-0.2, 0) is 4.79 Å². The molecule has 1 atom stereocenters. The third kappa shape index (κ3) is 3.10. The molecule has 14 heavy (non-hydrogen) atoms. The Morgan fingerprint density at radius 2 is 2.50 bits per heavy atom. The highest BCUT2D eigenvalue weighted by molar-refractivity contribution is 5.93. The number of nitrogens with zero attached hydrogens (tertiary/aromatic N) is 2. The van der Waals surface area contributed by atoms with E-state index in [0.29, 0.717) is 12.2 Å². The van der Waals surface area contributed by atoms with E-state index in [1.54, 1.807) is 18.3 Å². The minimum atomic E-state index is -0.470. The Hall–Kier alpha value is -1.49. The molecule has 1 amide bonds. The van der Waals surface area contributed by atoms with Gasteiger partial charge in [0.2, 0.25) is 5.91 Å². The van der Waals surface area contributed by atoms with Crippen LogP contribution >= 0.6 is 0 Å². The Morgan fingerprint density at radius 1 is 1.71 bits per heavy atom. The predicted octanol–water partition coefficient (Wildman–Crippen LogP) is 0.542. The summed E-state index contributed by atoms with van der Waals surface area (Å²) in [5, 5.41) is 9.95. The molecule has 0 saturated carbocycles. The highest BCUT2D eigenvalue weighted by Crippen LogP contribution is 2.01. The molecule has 0 spiro atoms. The van der Waals surface area contributed by atoms with E-state index < -0.39 is 6.04 Å². The van der Waals surface area contributed by atoms with E-state index in [0.717, 1.165) is 6.42 Å². The molecule has 0 aliphatic carbocycles. The van der Waals surface area contributed by atoms with E-state index in [9.17, 15) is 4.79 Å². The van der Waals surface area contributed by atoms with Crippen molar-refractivity contribution in [3.8, 4) is 0 Å². The molecule has 0 fully saturated rings. The zero-order chi connectivity index (χ0) is 10.4. The molecule has 0 radical (unpaired) electrons. The van der Waals surface area contributed by atoms with E-state index in [2.05, 4.69) is 15.5 Å². The molecular weight excluding hydrogens is 180 g/mol. The Kier molecular flexibility index (Phi) is 4.00. The zero-order valence-electron chi connectivity index (χ0n) is 8.10. The number of anilines is 1. The van der Waals surface area contributed by atoms with Crippen molar-refractivity contribution >= 4 is 11.7 Å². The largest absolute Gasteiger partial charge is 0.320 e. The molecule has 76 valence electrons. The van der Waals surface area contributed by atoms with E-state index in [4.69, 9.17) is 5.73 Å². The lowest BCUT2D eigenvalue weighted by atomic mass is 10.2. The lowest BCUT2D eigenvalue weighted by molar-refractivity contribution is -0.117. The standard InChI is InChI=1S/C9H14N4O/c1-2-4-7(10)9(14)12-8-5-3-6-11-13-8/h3,5-7H,2,4,10H2,1H3,(H,12,13,14). The second-order valence-electron chi connectivity index (χ2n) is 2.99. The number of amides is 1. The predicted molar refractivity (Wildman–Crippen MR) is 53.5 cm³/mol. The zero-order valence-corrected chi connectivity index (χ0v) is 8.10. The first-order chi connectivity index (χ1) is 6.74. The third-order valence-electron chi connectivity index (χ3n) is 1.76. The molecule has 0 aromatic carbocycles. The van der Waals surface area contributed by atoms with Crippen LogP contribution in [0.5, 0.6) is 0 Å². The number of carbonyl (C=O) groups excluding carboxylic acids is 1. The van der Waals surface area contributed by atoms with Gasteiger partial charge in [0.05, 0.1) is 6.04 Å². The minimum absolute atomic E-state index is 0.215. The Labute approximate surface area is 82.7 Å². The van der Waals surface area contributed by atoms with Gasteiger partial charge < -0.3 is 11.1 Å². The molecule has 1 heterocycles. The highest BCUT2D eigenvalue weighted by Gasteiger charge is 2.12. The number of hydrogen-bond acceptors (Lipinski definition) is 4. The lowest BCUT2D eigenvalue weighted by Gasteiger charge is -2.09. The van der Waals surface area contributed by atoms with Gasteiger partial charge in [-0.3, -0.25) is 4.79 Å². The maximum absolute atomic E-state index is 11.4. The van der Waals surface area contributed by atoms with Crippen molar-refractivity contribution in [1.82, 2.24) is 10.2 Å². The van der Waals surface area contributed by atoms with Gasteiger partial charge in [0.1, 0.15) is 0 Å². The van der Waals surface area contributed by atoms with Gasteiger partial charge in [-0.2, -0.15) is 5.10 Å². The Bertz CT molecular complexity index is 288. The van der Waals surface area contributed by atoms with Crippen LogP contribution in [0.4, 0.5) is 5.82 Å². The van der Waals surface area contributed by atoms with Gasteiger partial charge in [-0.25, -0.2) is 0 Å². The summed E-state index contributed by atoms with van der Waals surface area (Å²) in [4.78, 5) is 11.4. The summed E-state index contributed by atoms with van der Waals surface area (Å²) in [6.45, 7) is 1.98. The van der Waals surface area contributed by atoms with Gasteiger partial charge in [0.15, 0.2) is 5.82 Å². The minimum Gasteiger partial charge on any atom is -0.320 e. The molecule has 1 unspecified atom stereocenters. The van der Waals surface area contributed by atoms with Crippen LogP contribution in [0.1, 0.15) is 19.8 Å². The molecule has 3 N–H and O–H groups in total. The number of carbonyl (C=O) groups is 1. The monoisotopic (exact) mass is 194 g/mol. The third-order valence-corrected chi connectivity index (χ3v) is 1.76. The van der Waals surface area contributed by atoms with Crippen molar-refractivity contribution in [2.24, 2.45) is 5.73 Å². The first-order valence-electron chi connectivity index (χ1n) is 4.58. The van der Waals surface area contributed by atoms with Crippen molar-refractivity contribution in [3.05, 3.63) is 18.3 Å². The average molecular weight is 194 g/mol. The number of nitrogens with two attached hydrogens (primary N) is 1. The lowest BCUT2D eigenvalue weighted by Crippen LogP contribution is -2.35. The fourth-order valence-corrected chi connectivity index (χ4v) is 1.03. The van der Waals surface area contributed by atoms with Gasteiger partial charge in [-0.05, 0) is 18.6 Å². The molecule has 1 aromatic rings. The summed E-state index contributed by atoms with van der Waals surface area (Å²) in [7, 11) is 0. The summed E-state index contributed by atoms with van der Waals surface area (Å²) in [6, 6.07) is 2.90. The second-order valence-corrected chi connectivity index (χ2v) is 2.99. The summed E-state index contributed by atoms with van der Waals surface area (Å²) in [5.41, 5.74) is 5.62. The van der Waals surface area contributed by atoms with Crippen LogP contribution < -0.4 is 11.1 Å². The molecule has 5 heteroatoms.